The van der Waals surface area contributed by atoms with Crippen LogP contribution in [0.15, 0.2) is 41.1 Å². The highest BCUT2D eigenvalue weighted by molar-refractivity contribution is 7.08. The van der Waals surface area contributed by atoms with Gasteiger partial charge in [0.25, 0.3) is 0 Å². The Labute approximate surface area is 81.6 Å². The fraction of sp³-hybridized carbons (Fsp3) is 0.0909. The van der Waals surface area contributed by atoms with Crippen LogP contribution in [0.25, 0.3) is 0 Å². The number of hydrogen-bond donors (Lipinski definition) is 0. The van der Waals surface area contributed by atoms with E-state index in [9.17, 15) is 0 Å². The van der Waals surface area contributed by atoms with Crippen LogP contribution >= 0.6 is 11.3 Å². The molecule has 1 nitrogen and oxygen atoms in total. The largest absolute Gasteiger partial charge is 0.487 e. The summed E-state index contributed by atoms with van der Waals surface area (Å²) in [4.78, 5) is 0. The Bertz CT molecular complexity index is 340. The molecule has 0 aliphatic heterocycles. The summed E-state index contributed by atoms with van der Waals surface area (Å²) in [6.45, 7) is 0.619. The normalized spacial score (nSPS) is 9.85. The molecule has 0 spiro atoms. The van der Waals surface area contributed by atoms with Gasteiger partial charge < -0.3 is 4.74 Å². The maximum Gasteiger partial charge on any atom is 0.138 e. The van der Waals surface area contributed by atoms with Crippen LogP contribution in [0.1, 0.15) is 5.56 Å². The zero-order chi connectivity index (χ0) is 8.93. The van der Waals surface area contributed by atoms with Crippen LogP contribution in [0.3, 0.4) is 0 Å². The summed E-state index contributed by atoms with van der Waals surface area (Å²) in [5.74, 6) is 0.828. The maximum absolute atomic E-state index is 5.49. The van der Waals surface area contributed by atoms with Crippen LogP contribution in [-0.4, -0.2) is 0 Å². The Balaban J connectivity index is 1.94. The second-order valence-electron chi connectivity index (χ2n) is 2.65. The van der Waals surface area contributed by atoms with Crippen LogP contribution in [-0.2, 0) is 6.61 Å². The van der Waals surface area contributed by atoms with Gasteiger partial charge in [-0.2, -0.15) is 0 Å². The second kappa shape index (κ2) is 4.10. The highest BCUT2D eigenvalue weighted by Gasteiger charge is 1.94. The topological polar surface area (TPSA) is 9.23 Å². The third kappa shape index (κ3) is 2.33. The van der Waals surface area contributed by atoms with Crippen LogP contribution in [0.2, 0.25) is 0 Å². The molecule has 0 amide bonds. The highest BCUT2D eigenvalue weighted by Crippen LogP contribution is 2.15. The quantitative estimate of drug-likeness (QED) is 0.720. The molecule has 0 aliphatic rings. The summed E-state index contributed by atoms with van der Waals surface area (Å²) >= 11 is 1.59. The molecule has 65 valence electrons. The Morgan fingerprint density at radius 2 is 2.08 bits per heavy atom. The molecule has 13 heavy (non-hydrogen) atoms. The fourth-order valence-electron chi connectivity index (χ4n) is 1.03. The predicted molar refractivity (Wildman–Crippen MR) is 53.9 cm³/mol. The van der Waals surface area contributed by atoms with Crippen molar-refractivity contribution in [2.75, 3.05) is 0 Å². The first kappa shape index (κ1) is 8.32. The molecule has 2 heteroatoms. The summed E-state index contributed by atoms with van der Waals surface area (Å²) in [5, 5.41) is 3.84. The summed E-state index contributed by atoms with van der Waals surface area (Å²) in [6, 6.07) is 13.1. The standard InChI is InChI=1S/C11H9OS/c1-2-4-10(5-3-1)8-12-11-6-7-13-9-11/h1-5,7,9H,8H2. The lowest BCUT2D eigenvalue weighted by Crippen LogP contribution is -1.93. The van der Waals surface area contributed by atoms with Gasteiger partial charge in [0.1, 0.15) is 12.4 Å². The molecule has 1 aromatic carbocycles. The Morgan fingerprint density at radius 3 is 2.77 bits per heavy atom. The van der Waals surface area contributed by atoms with E-state index in [1.54, 1.807) is 11.3 Å². The van der Waals surface area contributed by atoms with Crippen LogP contribution < -0.4 is 4.74 Å². The van der Waals surface area contributed by atoms with Gasteiger partial charge in [-0.25, -0.2) is 0 Å². The van der Waals surface area contributed by atoms with E-state index in [0.29, 0.717) is 6.61 Å². The number of benzene rings is 1. The van der Waals surface area contributed by atoms with Crippen molar-refractivity contribution in [1.82, 2.24) is 0 Å². The molecule has 1 radical (unpaired) electrons. The molecule has 0 atom stereocenters. The number of thiophene rings is 1. The van der Waals surface area contributed by atoms with Crippen molar-refractivity contribution in [2.24, 2.45) is 0 Å². The van der Waals surface area contributed by atoms with Crippen molar-refractivity contribution in [3.8, 4) is 5.75 Å². The number of hydrogen-bond acceptors (Lipinski definition) is 2. The monoisotopic (exact) mass is 189 g/mol. The fourth-order valence-corrected chi connectivity index (χ4v) is 1.54. The van der Waals surface area contributed by atoms with Gasteiger partial charge in [-0.05, 0) is 5.56 Å². The van der Waals surface area contributed by atoms with Crippen LogP contribution in [0.5, 0.6) is 5.75 Å². The molecule has 0 saturated carbocycles. The number of ether oxygens (including phenoxy) is 1. The lowest BCUT2D eigenvalue weighted by atomic mass is 10.2. The van der Waals surface area contributed by atoms with Gasteiger partial charge >= 0.3 is 0 Å². The first-order chi connectivity index (χ1) is 6.45. The first-order valence-electron chi connectivity index (χ1n) is 4.06. The maximum atomic E-state index is 5.49. The van der Waals surface area contributed by atoms with Crippen molar-refractivity contribution in [2.45, 2.75) is 6.61 Å². The third-order valence-corrected chi connectivity index (χ3v) is 2.29. The molecule has 1 aromatic heterocycles. The SMILES string of the molecule is [c]1cscc1OCc1ccccc1. The third-order valence-electron chi connectivity index (χ3n) is 1.68. The molecule has 2 aromatic rings. The van der Waals surface area contributed by atoms with Crippen molar-refractivity contribution in [3.05, 3.63) is 52.7 Å². The zero-order valence-electron chi connectivity index (χ0n) is 7.07. The Kier molecular flexibility index (Phi) is 2.62. The van der Waals surface area contributed by atoms with E-state index in [1.165, 1.54) is 5.56 Å². The molecular weight excluding hydrogens is 180 g/mol. The van der Waals surface area contributed by atoms with E-state index in [1.807, 2.05) is 41.1 Å². The smallest absolute Gasteiger partial charge is 0.138 e. The van der Waals surface area contributed by atoms with E-state index in [2.05, 4.69) is 6.07 Å². The highest BCUT2D eigenvalue weighted by atomic mass is 32.1. The molecule has 0 aliphatic carbocycles. The van der Waals surface area contributed by atoms with Crippen LogP contribution in [0, 0.1) is 6.07 Å². The average Bonchev–Trinajstić information content (AvgIpc) is 2.69. The van der Waals surface area contributed by atoms with E-state index in [-0.39, 0.29) is 0 Å². The van der Waals surface area contributed by atoms with Crippen LogP contribution in [0.4, 0.5) is 0 Å². The first-order valence-corrected chi connectivity index (χ1v) is 5.00. The van der Waals surface area contributed by atoms with Gasteiger partial charge in [-0.3, -0.25) is 0 Å². The summed E-state index contributed by atoms with van der Waals surface area (Å²) < 4.78 is 5.49. The molecule has 1 heterocycles. The minimum absolute atomic E-state index is 0.619. The average molecular weight is 189 g/mol. The van der Waals surface area contributed by atoms with E-state index in [4.69, 9.17) is 4.74 Å². The van der Waals surface area contributed by atoms with E-state index >= 15 is 0 Å². The summed E-state index contributed by atoms with van der Waals surface area (Å²) in [6.07, 6.45) is 0. The molecular formula is C11H9OS. The van der Waals surface area contributed by atoms with Crippen molar-refractivity contribution in [3.63, 3.8) is 0 Å². The molecule has 2 rings (SSSR count). The second-order valence-corrected chi connectivity index (χ2v) is 3.40. The van der Waals surface area contributed by atoms with Gasteiger partial charge in [0.05, 0.1) is 0 Å². The minimum Gasteiger partial charge on any atom is -0.487 e. The zero-order valence-corrected chi connectivity index (χ0v) is 7.88. The molecule has 0 bridgehead atoms. The number of rotatable bonds is 3. The lowest BCUT2D eigenvalue weighted by Gasteiger charge is -2.02. The van der Waals surface area contributed by atoms with E-state index in [0.717, 1.165) is 5.75 Å². The van der Waals surface area contributed by atoms with Crippen molar-refractivity contribution >= 4 is 11.3 Å². The Morgan fingerprint density at radius 1 is 1.23 bits per heavy atom. The van der Waals surface area contributed by atoms with Crippen molar-refractivity contribution in [1.29, 1.82) is 0 Å². The summed E-state index contributed by atoms with van der Waals surface area (Å²) in [7, 11) is 0. The van der Waals surface area contributed by atoms with Gasteiger partial charge in [0.15, 0.2) is 0 Å². The van der Waals surface area contributed by atoms with Gasteiger partial charge in [-0.15, -0.1) is 11.3 Å². The van der Waals surface area contributed by atoms with Gasteiger partial charge in [-0.1, -0.05) is 30.3 Å². The van der Waals surface area contributed by atoms with E-state index < -0.39 is 0 Å². The van der Waals surface area contributed by atoms with Gasteiger partial charge in [0.2, 0.25) is 0 Å². The van der Waals surface area contributed by atoms with Gasteiger partial charge in [0, 0.05) is 16.8 Å². The minimum atomic E-state index is 0.619. The molecule has 0 saturated heterocycles. The molecule has 0 N–H and O–H groups in total. The molecule has 0 unspecified atom stereocenters. The predicted octanol–water partition coefficient (Wildman–Crippen LogP) is 3.13. The summed E-state index contributed by atoms with van der Waals surface area (Å²) in [5.41, 5.74) is 1.18. The Hall–Kier alpha value is -1.28. The van der Waals surface area contributed by atoms with Crippen molar-refractivity contribution < 1.29 is 4.74 Å². The molecule has 0 fully saturated rings. The lowest BCUT2D eigenvalue weighted by molar-refractivity contribution is 0.307.